The van der Waals surface area contributed by atoms with Crippen molar-refractivity contribution in [1.82, 2.24) is 0 Å². The first-order chi connectivity index (χ1) is 9.58. The summed E-state index contributed by atoms with van der Waals surface area (Å²) in [5.74, 6) is -0.245. The molecule has 5 heteroatoms. The van der Waals surface area contributed by atoms with E-state index >= 15 is 0 Å². The Morgan fingerprint density at radius 1 is 1.00 bits per heavy atom. The summed E-state index contributed by atoms with van der Waals surface area (Å²) in [5, 5.41) is 0.819. The van der Waals surface area contributed by atoms with Crippen LogP contribution in [-0.2, 0) is 9.59 Å². The molecule has 0 radical (unpaired) electrons. The van der Waals surface area contributed by atoms with Crippen molar-refractivity contribution in [1.29, 1.82) is 0 Å². The predicted molar refractivity (Wildman–Crippen MR) is 76.7 cm³/mol. The van der Waals surface area contributed by atoms with Crippen LogP contribution in [0.2, 0.25) is 10.0 Å². The minimum atomic E-state index is -0.204. The number of hydrogen-bond donors (Lipinski definition) is 0. The van der Waals surface area contributed by atoms with Crippen LogP contribution in [0.25, 0.3) is 0 Å². The monoisotopic (exact) mass is 307 g/mol. The van der Waals surface area contributed by atoms with E-state index in [0.29, 0.717) is 15.7 Å². The quantitative estimate of drug-likeness (QED) is 0.589. The van der Waals surface area contributed by atoms with Gasteiger partial charge in [-0.15, -0.1) is 0 Å². The molecular weight excluding hydrogens is 297 g/mol. The van der Waals surface area contributed by atoms with Gasteiger partial charge in [0.05, 0.1) is 22.5 Å². The van der Waals surface area contributed by atoms with E-state index in [2.05, 4.69) is 12.2 Å². The first kappa shape index (κ1) is 12.4. The number of amides is 2. The van der Waals surface area contributed by atoms with Crippen LogP contribution in [-0.4, -0.2) is 11.8 Å². The van der Waals surface area contributed by atoms with E-state index in [1.54, 1.807) is 18.2 Å². The molecule has 1 aromatic rings. The van der Waals surface area contributed by atoms with Gasteiger partial charge in [0, 0.05) is 5.02 Å². The van der Waals surface area contributed by atoms with Crippen molar-refractivity contribution < 1.29 is 9.59 Å². The SMILES string of the molecule is O=C1C2C3C=CC(C3)C2C(=O)N1c1ccc(Cl)cc1Cl. The summed E-state index contributed by atoms with van der Waals surface area (Å²) in [6, 6.07) is 4.83. The lowest BCUT2D eigenvalue weighted by Crippen LogP contribution is -2.33. The molecule has 0 aromatic heterocycles. The van der Waals surface area contributed by atoms with Crippen molar-refractivity contribution in [3.05, 3.63) is 40.4 Å². The number of halogens is 2. The van der Waals surface area contributed by atoms with E-state index in [0.717, 1.165) is 6.42 Å². The number of anilines is 1. The fraction of sp³-hybridized carbons (Fsp3) is 0.333. The van der Waals surface area contributed by atoms with Gasteiger partial charge in [0.2, 0.25) is 11.8 Å². The molecule has 4 rings (SSSR count). The smallest absolute Gasteiger partial charge is 0.238 e. The van der Waals surface area contributed by atoms with Crippen molar-refractivity contribution in [2.24, 2.45) is 23.7 Å². The molecule has 102 valence electrons. The molecule has 2 fully saturated rings. The molecule has 1 aromatic carbocycles. The molecule has 2 amide bonds. The second-order valence-corrected chi connectivity index (χ2v) is 6.45. The van der Waals surface area contributed by atoms with Crippen LogP contribution < -0.4 is 4.90 Å². The number of hydrogen-bond acceptors (Lipinski definition) is 2. The second kappa shape index (κ2) is 4.09. The Balaban J connectivity index is 1.78. The van der Waals surface area contributed by atoms with Gasteiger partial charge < -0.3 is 0 Å². The van der Waals surface area contributed by atoms with E-state index < -0.39 is 0 Å². The highest BCUT2D eigenvalue weighted by molar-refractivity contribution is 6.38. The van der Waals surface area contributed by atoms with Gasteiger partial charge >= 0.3 is 0 Å². The van der Waals surface area contributed by atoms with E-state index in [1.807, 2.05) is 0 Å². The fourth-order valence-electron chi connectivity index (χ4n) is 3.80. The van der Waals surface area contributed by atoms with Crippen LogP contribution in [0.4, 0.5) is 5.69 Å². The summed E-state index contributed by atoms with van der Waals surface area (Å²) in [4.78, 5) is 26.5. The summed E-state index contributed by atoms with van der Waals surface area (Å²) in [6.07, 6.45) is 5.07. The number of nitrogens with zero attached hydrogens (tertiary/aromatic N) is 1. The lowest BCUT2D eigenvalue weighted by molar-refractivity contribution is -0.123. The van der Waals surface area contributed by atoms with E-state index in [4.69, 9.17) is 23.2 Å². The maximum absolute atomic E-state index is 12.6. The Morgan fingerprint density at radius 3 is 2.15 bits per heavy atom. The van der Waals surface area contributed by atoms with Gasteiger partial charge in [-0.05, 0) is 36.5 Å². The van der Waals surface area contributed by atoms with Gasteiger partial charge in [0.15, 0.2) is 0 Å². The highest BCUT2D eigenvalue weighted by Gasteiger charge is 2.59. The van der Waals surface area contributed by atoms with Crippen LogP contribution in [0.3, 0.4) is 0 Å². The molecule has 20 heavy (non-hydrogen) atoms. The minimum Gasteiger partial charge on any atom is -0.274 e. The maximum Gasteiger partial charge on any atom is 0.238 e. The van der Waals surface area contributed by atoms with Crippen LogP contribution in [0.1, 0.15) is 6.42 Å². The first-order valence-electron chi connectivity index (χ1n) is 6.59. The molecule has 3 aliphatic rings. The van der Waals surface area contributed by atoms with Crippen LogP contribution >= 0.6 is 23.2 Å². The molecule has 3 nitrogen and oxygen atoms in total. The third-order valence-electron chi connectivity index (χ3n) is 4.62. The van der Waals surface area contributed by atoms with Crippen molar-refractivity contribution in [2.45, 2.75) is 6.42 Å². The van der Waals surface area contributed by atoms with E-state index in [9.17, 15) is 9.59 Å². The molecule has 4 unspecified atom stereocenters. The molecule has 1 heterocycles. The molecule has 0 spiro atoms. The van der Waals surface area contributed by atoms with Crippen molar-refractivity contribution in [2.75, 3.05) is 4.90 Å². The van der Waals surface area contributed by atoms with E-state index in [-0.39, 0.29) is 35.5 Å². The Bertz CT molecular complexity index is 640. The predicted octanol–water partition coefficient (Wildman–Crippen LogP) is 3.30. The normalized spacial score (nSPS) is 34.2. The third kappa shape index (κ3) is 1.48. The number of rotatable bonds is 1. The molecule has 1 saturated heterocycles. The van der Waals surface area contributed by atoms with Gasteiger partial charge in [-0.25, -0.2) is 4.90 Å². The summed E-state index contributed by atoms with van der Waals surface area (Å²) in [6.45, 7) is 0. The molecular formula is C15H11Cl2NO2. The molecule has 1 saturated carbocycles. The van der Waals surface area contributed by atoms with Gasteiger partial charge in [0.1, 0.15) is 0 Å². The number of imide groups is 1. The Kier molecular flexibility index (Phi) is 2.54. The van der Waals surface area contributed by atoms with Crippen LogP contribution in [0.15, 0.2) is 30.4 Å². The lowest BCUT2D eigenvalue weighted by Gasteiger charge is -2.18. The molecule has 1 aliphatic heterocycles. The van der Waals surface area contributed by atoms with Crippen LogP contribution in [0, 0.1) is 23.7 Å². The summed E-state index contributed by atoms with van der Waals surface area (Å²) in [5.41, 5.74) is 0.444. The molecule has 4 atom stereocenters. The highest BCUT2D eigenvalue weighted by atomic mass is 35.5. The van der Waals surface area contributed by atoms with Crippen molar-refractivity contribution in [3.8, 4) is 0 Å². The topological polar surface area (TPSA) is 37.4 Å². The number of fused-ring (bicyclic) bond motifs is 5. The number of allylic oxidation sites excluding steroid dienone is 2. The zero-order chi connectivity index (χ0) is 14.0. The highest BCUT2D eigenvalue weighted by Crippen LogP contribution is 2.53. The lowest BCUT2D eigenvalue weighted by atomic mass is 9.85. The average molecular weight is 308 g/mol. The molecule has 2 bridgehead atoms. The maximum atomic E-state index is 12.6. The zero-order valence-corrected chi connectivity index (χ0v) is 11.9. The number of carbonyl (C=O) groups is 2. The number of carbonyl (C=O) groups excluding carboxylic acids is 2. The van der Waals surface area contributed by atoms with Crippen molar-refractivity contribution in [3.63, 3.8) is 0 Å². The summed E-state index contributed by atoms with van der Waals surface area (Å²) >= 11 is 12.0. The van der Waals surface area contributed by atoms with Crippen molar-refractivity contribution >= 4 is 40.7 Å². The Morgan fingerprint density at radius 2 is 1.60 bits per heavy atom. The molecule has 0 N–H and O–H groups in total. The standard InChI is InChI=1S/C15H11Cl2NO2/c16-9-3-4-11(10(17)6-9)18-14(19)12-7-1-2-8(5-7)13(12)15(18)20/h1-4,6-8,12-13H,5H2. The van der Waals surface area contributed by atoms with Gasteiger partial charge in [-0.1, -0.05) is 35.4 Å². The van der Waals surface area contributed by atoms with Gasteiger partial charge in [0.25, 0.3) is 0 Å². The van der Waals surface area contributed by atoms with Gasteiger partial charge in [-0.3, -0.25) is 9.59 Å². The Labute approximate surface area is 126 Å². The summed E-state index contributed by atoms with van der Waals surface area (Å²) < 4.78 is 0. The third-order valence-corrected chi connectivity index (χ3v) is 5.16. The number of benzene rings is 1. The Hall–Kier alpha value is -1.32. The zero-order valence-electron chi connectivity index (χ0n) is 10.4. The summed E-state index contributed by atoms with van der Waals surface area (Å²) in [7, 11) is 0. The largest absolute Gasteiger partial charge is 0.274 e. The van der Waals surface area contributed by atoms with Gasteiger partial charge in [-0.2, -0.15) is 0 Å². The van der Waals surface area contributed by atoms with Crippen LogP contribution in [0.5, 0.6) is 0 Å². The fourth-order valence-corrected chi connectivity index (χ4v) is 4.30. The average Bonchev–Trinajstić information content (AvgIpc) is 3.06. The second-order valence-electron chi connectivity index (χ2n) is 5.61. The van der Waals surface area contributed by atoms with E-state index in [1.165, 1.54) is 4.90 Å². The first-order valence-corrected chi connectivity index (χ1v) is 7.34. The molecule has 2 aliphatic carbocycles. The minimum absolute atomic E-state index is 0.124.